The zero-order chi connectivity index (χ0) is 24.7. The van der Waals surface area contributed by atoms with Crippen LogP contribution in [-0.4, -0.2) is 89.3 Å². The molecule has 0 aliphatic rings. The van der Waals surface area contributed by atoms with E-state index in [9.17, 15) is 19.2 Å². The van der Waals surface area contributed by atoms with Gasteiger partial charge in [-0.1, -0.05) is 13.8 Å². The summed E-state index contributed by atoms with van der Waals surface area (Å²) in [7, 11) is 0. The number of rotatable bonds is 22. The van der Waals surface area contributed by atoms with Gasteiger partial charge in [0.15, 0.2) is 5.78 Å². The van der Waals surface area contributed by atoms with Crippen molar-refractivity contribution in [3.8, 4) is 0 Å². The number of carbonyl (C=O) groups is 4. The number of ether oxygens (including phenoxy) is 3. The second kappa shape index (κ2) is 20.8. The van der Waals surface area contributed by atoms with Gasteiger partial charge in [-0.25, -0.2) is 0 Å². The highest BCUT2D eigenvalue weighted by Crippen LogP contribution is 1.92. The van der Waals surface area contributed by atoms with Gasteiger partial charge in [0.1, 0.15) is 1.41 Å². The Bertz CT molecular complexity index is 565. The van der Waals surface area contributed by atoms with Crippen LogP contribution < -0.4 is 21.7 Å². The van der Waals surface area contributed by atoms with E-state index in [0.717, 1.165) is 6.42 Å². The fourth-order valence-corrected chi connectivity index (χ4v) is 2.15. The molecule has 0 radical (unpaired) electrons. The minimum absolute atomic E-state index is 0.0235. The summed E-state index contributed by atoms with van der Waals surface area (Å²) in [4.78, 5) is 46.5. The van der Waals surface area contributed by atoms with Crippen molar-refractivity contribution >= 4 is 23.5 Å². The van der Waals surface area contributed by atoms with Gasteiger partial charge in [0.2, 0.25) is 17.7 Å². The van der Waals surface area contributed by atoms with Crippen LogP contribution in [0.1, 0.15) is 39.5 Å². The lowest BCUT2D eigenvalue weighted by Crippen LogP contribution is -2.40. The van der Waals surface area contributed by atoms with Crippen molar-refractivity contribution in [2.24, 2.45) is 11.6 Å². The molecule has 3 amide bonds. The Labute approximate surface area is 191 Å². The molecule has 32 heavy (non-hydrogen) atoms. The number of Topliss-reactive ketones (excluding diaryl/α,β-unsaturated/α-hetero) is 1. The SMILES string of the molecule is [2H]NCCCOCCOCCOCCCNC(=O)CCC(=O)NCC(=O)NCC(=O)C(C)C. The Balaban J connectivity index is 3.47. The van der Waals surface area contributed by atoms with Gasteiger partial charge in [-0.3, -0.25) is 19.2 Å². The summed E-state index contributed by atoms with van der Waals surface area (Å²) in [6.07, 6.45) is 1.43. The third-order valence-corrected chi connectivity index (χ3v) is 4.13. The van der Waals surface area contributed by atoms with Crippen molar-refractivity contribution in [3.05, 3.63) is 0 Å². The molecular formula is C21H40N4O7. The van der Waals surface area contributed by atoms with Gasteiger partial charge < -0.3 is 35.9 Å². The molecule has 0 spiro atoms. The average Bonchev–Trinajstić information content (AvgIpc) is 2.79. The summed E-state index contributed by atoms with van der Waals surface area (Å²) in [5.41, 5.74) is 2.30. The second-order valence-electron chi connectivity index (χ2n) is 7.32. The largest absolute Gasteiger partial charge is 0.379 e. The lowest BCUT2D eigenvalue weighted by atomic mass is 10.1. The maximum absolute atomic E-state index is 11.8. The van der Waals surface area contributed by atoms with Gasteiger partial charge in [-0.05, 0) is 19.4 Å². The molecule has 0 unspecified atom stereocenters. The summed E-state index contributed by atoms with van der Waals surface area (Å²) < 4.78 is 22.8. The molecule has 11 nitrogen and oxygen atoms in total. The molecular weight excluding hydrogens is 420 g/mol. The van der Waals surface area contributed by atoms with E-state index in [2.05, 4.69) is 21.7 Å². The smallest absolute Gasteiger partial charge is 0.239 e. The molecule has 5 N–H and O–H groups in total. The van der Waals surface area contributed by atoms with Crippen LogP contribution in [0.3, 0.4) is 0 Å². The van der Waals surface area contributed by atoms with Gasteiger partial charge in [-0.2, -0.15) is 0 Å². The van der Waals surface area contributed by atoms with E-state index in [0.29, 0.717) is 59.2 Å². The van der Waals surface area contributed by atoms with Crippen LogP contribution in [0.15, 0.2) is 0 Å². The van der Waals surface area contributed by atoms with Gasteiger partial charge in [-0.15, -0.1) is 0 Å². The Kier molecular flexibility index (Phi) is 18.2. The molecule has 0 aliphatic heterocycles. The zero-order valence-electron chi connectivity index (χ0n) is 20.3. The molecule has 0 saturated carbocycles. The van der Waals surface area contributed by atoms with Crippen molar-refractivity contribution < 1.29 is 34.8 Å². The number of hydrogen-bond acceptors (Lipinski definition) is 8. The van der Waals surface area contributed by atoms with E-state index in [1.165, 1.54) is 0 Å². The Hall–Kier alpha value is -2.08. The van der Waals surface area contributed by atoms with Crippen LogP contribution in [0.2, 0.25) is 1.41 Å². The fourth-order valence-electron chi connectivity index (χ4n) is 2.15. The highest BCUT2D eigenvalue weighted by molar-refractivity contribution is 5.90. The standard InChI is InChI=1S/C21H40N4O7/c1-17(2)18(26)15-24-21(29)16-25-20(28)6-5-19(27)23-8-4-10-31-12-14-32-13-11-30-9-3-7-22/h17H,3-16,22H2,1-2H3,(H,23,27)(H,24,29)(H,25,28)/i/hD. The maximum atomic E-state index is 11.8. The van der Waals surface area contributed by atoms with Crippen molar-refractivity contribution in [1.82, 2.24) is 16.0 Å². The molecule has 0 aromatic carbocycles. The van der Waals surface area contributed by atoms with Crippen LogP contribution in [0, 0.1) is 5.92 Å². The van der Waals surface area contributed by atoms with Gasteiger partial charge in [0.25, 0.3) is 0 Å². The van der Waals surface area contributed by atoms with Gasteiger partial charge in [0.05, 0.1) is 39.5 Å². The van der Waals surface area contributed by atoms with Gasteiger partial charge >= 0.3 is 0 Å². The van der Waals surface area contributed by atoms with E-state index in [-0.39, 0.29) is 43.5 Å². The normalized spacial score (nSPS) is 11.2. The summed E-state index contributed by atoms with van der Waals surface area (Å²) in [6.45, 7) is 7.23. The first kappa shape index (κ1) is 28.0. The lowest BCUT2D eigenvalue weighted by Gasteiger charge is -2.09. The topological polar surface area (TPSA) is 158 Å². The van der Waals surface area contributed by atoms with Crippen molar-refractivity contribution in [2.75, 3.05) is 65.8 Å². The first-order valence-corrected chi connectivity index (χ1v) is 11.1. The second-order valence-corrected chi connectivity index (χ2v) is 7.32. The van der Waals surface area contributed by atoms with E-state index in [1.807, 2.05) is 0 Å². The van der Waals surface area contributed by atoms with Crippen LogP contribution in [-0.2, 0) is 33.4 Å². The molecule has 0 bridgehead atoms. The van der Waals surface area contributed by atoms with E-state index in [4.69, 9.17) is 15.6 Å². The number of carbonyl (C=O) groups excluding carboxylic acids is 4. The summed E-state index contributed by atoms with van der Waals surface area (Å²) in [5.74, 6) is -1.36. The number of nitrogens with two attached hydrogens (primary N) is 1. The molecule has 0 atom stereocenters. The van der Waals surface area contributed by atoms with Gasteiger partial charge in [0, 0.05) is 38.5 Å². The van der Waals surface area contributed by atoms with E-state index in [1.54, 1.807) is 13.8 Å². The minimum Gasteiger partial charge on any atom is -0.379 e. The Morgan fingerprint density at radius 2 is 1.28 bits per heavy atom. The van der Waals surface area contributed by atoms with E-state index < -0.39 is 11.8 Å². The number of nitrogens with one attached hydrogen (secondary N) is 3. The Morgan fingerprint density at radius 1 is 0.750 bits per heavy atom. The summed E-state index contributed by atoms with van der Waals surface area (Å²) in [6, 6.07) is 0. The predicted octanol–water partition coefficient (Wildman–Crippen LogP) is -0.871. The lowest BCUT2D eigenvalue weighted by molar-refractivity contribution is -0.129. The maximum Gasteiger partial charge on any atom is 0.239 e. The Morgan fingerprint density at radius 3 is 1.88 bits per heavy atom. The highest BCUT2D eigenvalue weighted by atomic mass is 16.5. The number of amides is 3. The third-order valence-electron chi connectivity index (χ3n) is 4.13. The van der Waals surface area contributed by atoms with Crippen LogP contribution in [0.4, 0.5) is 0 Å². The number of ketones is 1. The molecule has 0 aromatic heterocycles. The average molecular weight is 462 g/mol. The fraction of sp³-hybridized carbons (Fsp3) is 0.810. The molecule has 0 fully saturated rings. The quantitative estimate of drug-likeness (QED) is 0.151. The summed E-state index contributed by atoms with van der Waals surface area (Å²) in [5, 5.41) is 7.56. The van der Waals surface area contributed by atoms with Crippen molar-refractivity contribution in [2.45, 2.75) is 39.5 Å². The predicted molar refractivity (Wildman–Crippen MR) is 119 cm³/mol. The molecule has 0 aromatic rings. The van der Waals surface area contributed by atoms with Crippen LogP contribution in [0.5, 0.6) is 0 Å². The molecule has 0 aliphatic carbocycles. The molecule has 0 saturated heterocycles. The molecule has 186 valence electrons. The molecule has 0 rings (SSSR count). The first-order chi connectivity index (χ1) is 15.9. The zero-order valence-corrected chi connectivity index (χ0v) is 19.3. The molecule has 11 heteroatoms. The highest BCUT2D eigenvalue weighted by Gasteiger charge is 2.11. The van der Waals surface area contributed by atoms with Crippen molar-refractivity contribution in [1.29, 1.82) is 0 Å². The van der Waals surface area contributed by atoms with E-state index >= 15 is 0 Å². The third kappa shape index (κ3) is 19.9. The molecule has 0 heterocycles. The minimum atomic E-state index is -0.449. The first-order valence-electron chi connectivity index (χ1n) is 11.6. The van der Waals surface area contributed by atoms with Crippen LogP contribution in [0.25, 0.3) is 0 Å². The number of hydrogen-bond donors (Lipinski definition) is 4. The summed E-state index contributed by atoms with van der Waals surface area (Å²) >= 11 is 0. The van der Waals surface area contributed by atoms with Crippen LogP contribution >= 0.6 is 0 Å². The monoisotopic (exact) mass is 461 g/mol. The van der Waals surface area contributed by atoms with Crippen molar-refractivity contribution in [3.63, 3.8) is 0 Å².